The Hall–Kier alpha value is -1.53. The fraction of sp³-hybridized carbons (Fsp3) is 0. The topological polar surface area (TPSA) is 29.1 Å². The maximum absolute atomic E-state index is 13.5. The summed E-state index contributed by atoms with van der Waals surface area (Å²) in [5.41, 5.74) is -0.708. The van der Waals surface area contributed by atoms with E-state index in [9.17, 15) is 18.0 Å². The molecule has 2 nitrogen and oxygen atoms in total. The number of halogens is 5. The fourth-order valence-corrected chi connectivity index (χ4v) is 2.45. The molecule has 0 atom stereocenters. The molecular weight excluding hydrogens is 359 g/mol. The van der Waals surface area contributed by atoms with Gasteiger partial charge >= 0.3 is 0 Å². The van der Waals surface area contributed by atoms with Gasteiger partial charge in [0.25, 0.3) is 5.91 Å². The second-order valence-corrected chi connectivity index (χ2v) is 5.06. The predicted octanol–water partition coefficient (Wildman–Crippen LogP) is 4.77. The van der Waals surface area contributed by atoms with E-state index in [-0.39, 0.29) is 15.2 Å². The molecule has 0 saturated heterocycles. The first-order chi connectivity index (χ1) is 9.40. The Bertz CT molecular complexity index is 650. The first kappa shape index (κ1) is 14.9. The average molecular weight is 365 g/mol. The van der Waals surface area contributed by atoms with E-state index in [0.717, 1.165) is 30.3 Å². The van der Waals surface area contributed by atoms with Crippen LogP contribution in [0.3, 0.4) is 0 Å². The quantitative estimate of drug-likeness (QED) is 0.817. The van der Waals surface area contributed by atoms with Crippen LogP contribution in [0.2, 0.25) is 5.02 Å². The maximum Gasteiger partial charge on any atom is 0.261 e. The van der Waals surface area contributed by atoms with Gasteiger partial charge in [0.15, 0.2) is 0 Å². The fourth-order valence-electron chi connectivity index (χ4n) is 1.55. The van der Waals surface area contributed by atoms with Gasteiger partial charge in [-0.05, 0) is 40.2 Å². The third-order valence-electron chi connectivity index (χ3n) is 2.44. The van der Waals surface area contributed by atoms with Crippen molar-refractivity contribution in [3.8, 4) is 0 Å². The summed E-state index contributed by atoms with van der Waals surface area (Å²) in [5.74, 6) is -3.64. The SMILES string of the molecule is O=C(Nc1c(Cl)cc(F)cc1Br)c1c(F)cccc1F. The molecule has 2 rings (SSSR count). The summed E-state index contributed by atoms with van der Waals surface area (Å²) in [7, 11) is 0. The lowest BCUT2D eigenvalue weighted by Gasteiger charge is -2.10. The number of nitrogens with one attached hydrogen (secondary N) is 1. The molecule has 0 spiro atoms. The third-order valence-corrected chi connectivity index (χ3v) is 3.36. The first-order valence-electron chi connectivity index (χ1n) is 5.30. The molecule has 0 aliphatic carbocycles. The van der Waals surface area contributed by atoms with Gasteiger partial charge in [0.05, 0.1) is 10.7 Å². The highest BCUT2D eigenvalue weighted by molar-refractivity contribution is 9.10. The Balaban J connectivity index is 2.38. The van der Waals surface area contributed by atoms with E-state index < -0.39 is 28.9 Å². The van der Waals surface area contributed by atoms with Crippen LogP contribution in [0, 0.1) is 17.5 Å². The van der Waals surface area contributed by atoms with Gasteiger partial charge < -0.3 is 5.32 Å². The molecule has 2 aromatic rings. The zero-order valence-electron chi connectivity index (χ0n) is 9.68. The lowest BCUT2D eigenvalue weighted by atomic mass is 10.1. The molecule has 0 heterocycles. The lowest BCUT2D eigenvalue weighted by molar-refractivity contribution is 0.101. The van der Waals surface area contributed by atoms with Gasteiger partial charge in [0.1, 0.15) is 23.0 Å². The van der Waals surface area contributed by atoms with Gasteiger partial charge in [-0.3, -0.25) is 4.79 Å². The normalized spacial score (nSPS) is 10.4. The van der Waals surface area contributed by atoms with Crippen molar-refractivity contribution in [3.63, 3.8) is 0 Å². The van der Waals surface area contributed by atoms with E-state index >= 15 is 0 Å². The van der Waals surface area contributed by atoms with Gasteiger partial charge in [-0.15, -0.1) is 0 Å². The van der Waals surface area contributed by atoms with Crippen LogP contribution < -0.4 is 5.32 Å². The van der Waals surface area contributed by atoms with Crippen molar-refractivity contribution in [3.05, 3.63) is 62.8 Å². The van der Waals surface area contributed by atoms with E-state index in [0.29, 0.717) is 0 Å². The molecule has 0 fully saturated rings. The van der Waals surface area contributed by atoms with Crippen molar-refractivity contribution < 1.29 is 18.0 Å². The third kappa shape index (κ3) is 2.96. The summed E-state index contributed by atoms with van der Waals surface area (Å²) in [6.07, 6.45) is 0. The number of carbonyl (C=O) groups is 1. The molecule has 0 aliphatic heterocycles. The van der Waals surface area contributed by atoms with Crippen LogP contribution >= 0.6 is 27.5 Å². The van der Waals surface area contributed by atoms with Crippen LogP contribution in [0.1, 0.15) is 10.4 Å². The summed E-state index contributed by atoms with van der Waals surface area (Å²) >= 11 is 8.78. The predicted molar refractivity (Wildman–Crippen MR) is 73.4 cm³/mol. The van der Waals surface area contributed by atoms with Crippen molar-refractivity contribution in [2.24, 2.45) is 0 Å². The van der Waals surface area contributed by atoms with Crippen LogP contribution in [-0.2, 0) is 0 Å². The molecule has 0 aromatic heterocycles. The number of anilines is 1. The molecule has 2 aromatic carbocycles. The standard InChI is InChI=1S/C13H6BrClF3NO/c14-7-4-6(16)5-8(15)12(7)19-13(20)11-9(17)2-1-3-10(11)18/h1-5H,(H,19,20). The first-order valence-corrected chi connectivity index (χ1v) is 6.47. The molecule has 0 aliphatic rings. The van der Waals surface area contributed by atoms with Gasteiger partial charge in [0.2, 0.25) is 0 Å². The zero-order chi connectivity index (χ0) is 14.9. The molecular formula is C13H6BrClF3NO. The lowest BCUT2D eigenvalue weighted by Crippen LogP contribution is -2.16. The van der Waals surface area contributed by atoms with Crippen LogP contribution in [-0.4, -0.2) is 5.91 Å². The molecule has 20 heavy (non-hydrogen) atoms. The Morgan fingerprint density at radius 1 is 1.15 bits per heavy atom. The monoisotopic (exact) mass is 363 g/mol. The minimum atomic E-state index is -1.02. The van der Waals surface area contributed by atoms with Gasteiger partial charge in [-0.2, -0.15) is 0 Å². The molecule has 0 bridgehead atoms. The molecule has 1 amide bonds. The van der Waals surface area contributed by atoms with Gasteiger partial charge in [-0.1, -0.05) is 17.7 Å². The van der Waals surface area contributed by atoms with Crippen LogP contribution in [0.15, 0.2) is 34.8 Å². The van der Waals surface area contributed by atoms with E-state index in [1.54, 1.807) is 0 Å². The molecule has 7 heteroatoms. The highest BCUT2D eigenvalue weighted by Crippen LogP contribution is 2.32. The minimum Gasteiger partial charge on any atom is -0.320 e. The van der Waals surface area contributed by atoms with Crippen molar-refractivity contribution in [1.82, 2.24) is 0 Å². The molecule has 0 saturated carbocycles. The summed E-state index contributed by atoms with van der Waals surface area (Å²) in [6.45, 7) is 0. The number of hydrogen-bond donors (Lipinski definition) is 1. The zero-order valence-corrected chi connectivity index (χ0v) is 12.0. The second kappa shape index (κ2) is 5.85. The largest absolute Gasteiger partial charge is 0.320 e. The van der Waals surface area contributed by atoms with Crippen LogP contribution in [0.4, 0.5) is 18.9 Å². The summed E-state index contributed by atoms with van der Waals surface area (Å²) < 4.78 is 40.1. The molecule has 0 unspecified atom stereocenters. The van der Waals surface area contributed by atoms with E-state index in [1.165, 1.54) is 0 Å². The minimum absolute atomic E-state index is 0.0284. The Morgan fingerprint density at radius 2 is 1.75 bits per heavy atom. The van der Waals surface area contributed by atoms with Crippen molar-refractivity contribution in [1.29, 1.82) is 0 Å². The number of benzene rings is 2. The average Bonchev–Trinajstić information content (AvgIpc) is 2.33. The molecule has 104 valence electrons. The number of carbonyl (C=O) groups excluding carboxylic acids is 1. The Kier molecular flexibility index (Phi) is 4.35. The number of rotatable bonds is 2. The van der Waals surface area contributed by atoms with E-state index in [1.807, 2.05) is 0 Å². The number of amides is 1. The second-order valence-electron chi connectivity index (χ2n) is 3.80. The summed E-state index contributed by atoms with van der Waals surface area (Å²) in [5, 5.41) is 2.14. The maximum atomic E-state index is 13.5. The molecule has 0 radical (unpaired) electrons. The van der Waals surface area contributed by atoms with Crippen LogP contribution in [0.5, 0.6) is 0 Å². The number of hydrogen-bond acceptors (Lipinski definition) is 1. The molecule has 1 N–H and O–H groups in total. The summed E-state index contributed by atoms with van der Waals surface area (Å²) in [4.78, 5) is 11.9. The van der Waals surface area contributed by atoms with Crippen molar-refractivity contribution in [2.75, 3.05) is 5.32 Å². The van der Waals surface area contributed by atoms with Crippen LogP contribution in [0.25, 0.3) is 0 Å². The van der Waals surface area contributed by atoms with Crippen molar-refractivity contribution in [2.45, 2.75) is 0 Å². The highest BCUT2D eigenvalue weighted by atomic mass is 79.9. The van der Waals surface area contributed by atoms with Gasteiger partial charge in [0, 0.05) is 4.47 Å². The van der Waals surface area contributed by atoms with E-state index in [4.69, 9.17) is 11.6 Å². The Morgan fingerprint density at radius 3 is 2.30 bits per heavy atom. The Labute approximate surface area is 125 Å². The smallest absolute Gasteiger partial charge is 0.261 e. The summed E-state index contributed by atoms with van der Waals surface area (Å²) in [6, 6.07) is 5.10. The van der Waals surface area contributed by atoms with Crippen molar-refractivity contribution >= 4 is 39.1 Å². The van der Waals surface area contributed by atoms with E-state index in [2.05, 4.69) is 21.2 Å². The highest BCUT2D eigenvalue weighted by Gasteiger charge is 2.19. The van der Waals surface area contributed by atoms with Gasteiger partial charge in [-0.25, -0.2) is 13.2 Å².